The summed E-state index contributed by atoms with van der Waals surface area (Å²) in [5.74, 6) is 0.388. The van der Waals surface area contributed by atoms with Crippen molar-refractivity contribution in [3.05, 3.63) is 82.4 Å². The van der Waals surface area contributed by atoms with Crippen molar-refractivity contribution in [2.24, 2.45) is 0 Å². The molecule has 3 aromatic carbocycles. The highest BCUT2D eigenvalue weighted by Gasteiger charge is 2.21. The van der Waals surface area contributed by atoms with Crippen LogP contribution in [-0.2, 0) is 0 Å². The maximum absolute atomic E-state index is 12.6. The largest absolute Gasteiger partial charge is 0.454 e. The van der Waals surface area contributed by atoms with Gasteiger partial charge in [0.2, 0.25) is 0 Å². The smallest absolute Gasteiger partial charge is 0.259 e. The van der Waals surface area contributed by atoms with Crippen molar-refractivity contribution in [1.82, 2.24) is 0 Å². The molecule has 27 heavy (non-hydrogen) atoms. The monoisotopic (exact) mass is 378 g/mol. The van der Waals surface area contributed by atoms with Gasteiger partial charge in [-0.15, -0.1) is 0 Å². The summed E-state index contributed by atoms with van der Waals surface area (Å²) in [6, 6.07) is 17.2. The molecule has 134 valence electrons. The summed E-state index contributed by atoms with van der Waals surface area (Å²) < 4.78 is 5.87. The van der Waals surface area contributed by atoms with Gasteiger partial charge in [0.15, 0.2) is 5.75 Å². The van der Waals surface area contributed by atoms with E-state index < -0.39 is 0 Å². The van der Waals surface area contributed by atoms with Crippen LogP contribution in [0.5, 0.6) is 11.5 Å². The number of halogens is 1. The van der Waals surface area contributed by atoms with Crippen LogP contribution < -0.4 is 15.4 Å². The van der Waals surface area contributed by atoms with Gasteiger partial charge in [0.25, 0.3) is 11.8 Å². The number of aryl methyl sites for hydroxylation is 1. The molecular formula is C21H15ClN2O3. The molecule has 0 aromatic heterocycles. The number of nitrogens with one attached hydrogen (secondary N) is 2. The molecular weight excluding hydrogens is 364 g/mol. The van der Waals surface area contributed by atoms with Gasteiger partial charge in [-0.3, -0.25) is 9.59 Å². The van der Waals surface area contributed by atoms with Crippen molar-refractivity contribution in [2.75, 3.05) is 10.6 Å². The molecule has 2 N–H and O–H groups in total. The van der Waals surface area contributed by atoms with Gasteiger partial charge in [-0.05, 0) is 61.0 Å². The molecule has 0 fully saturated rings. The van der Waals surface area contributed by atoms with Crippen molar-refractivity contribution in [3.63, 3.8) is 0 Å². The normalized spacial score (nSPS) is 12.1. The van der Waals surface area contributed by atoms with Gasteiger partial charge >= 0.3 is 0 Å². The Morgan fingerprint density at radius 2 is 1.85 bits per heavy atom. The first-order valence-electron chi connectivity index (χ1n) is 8.30. The lowest BCUT2D eigenvalue weighted by Gasteiger charge is -2.10. The maximum atomic E-state index is 12.6. The predicted octanol–water partition coefficient (Wildman–Crippen LogP) is 5.26. The molecule has 0 spiro atoms. The number of rotatable bonds is 2. The second-order valence-corrected chi connectivity index (χ2v) is 6.67. The number of amides is 2. The Hall–Kier alpha value is -3.31. The predicted molar refractivity (Wildman–Crippen MR) is 105 cm³/mol. The van der Waals surface area contributed by atoms with Crippen LogP contribution in [-0.4, -0.2) is 11.8 Å². The number of ether oxygens (including phenoxy) is 1. The highest BCUT2D eigenvalue weighted by atomic mass is 35.5. The SMILES string of the molecule is Cc1ccc2c(c1)NC(=O)c1cc(NC(=O)c3cccc(Cl)c3)ccc1O2. The van der Waals surface area contributed by atoms with E-state index >= 15 is 0 Å². The summed E-state index contributed by atoms with van der Waals surface area (Å²) in [5, 5.41) is 6.10. The van der Waals surface area contributed by atoms with Crippen LogP contribution in [0.3, 0.4) is 0 Å². The average molecular weight is 379 g/mol. The third kappa shape index (κ3) is 3.50. The molecule has 5 nitrogen and oxygen atoms in total. The fraction of sp³-hybridized carbons (Fsp3) is 0.0476. The van der Waals surface area contributed by atoms with Crippen molar-refractivity contribution in [2.45, 2.75) is 6.92 Å². The Kier molecular flexibility index (Phi) is 4.30. The first kappa shape index (κ1) is 17.1. The molecule has 0 bridgehead atoms. The molecule has 1 aliphatic rings. The summed E-state index contributed by atoms with van der Waals surface area (Å²) in [6.45, 7) is 1.94. The molecule has 0 aliphatic carbocycles. The molecule has 1 aliphatic heterocycles. The van der Waals surface area contributed by atoms with Crippen molar-refractivity contribution >= 4 is 34.8 Å². The van der Waals surface area contributed by atoms with Gasteiger partial charge in [-0.2, -0.15) is 0 Å². The number of carbonyl (C=O) groups is 2. The molecule has 0 radical (unpaired) electrons. The zero-order valence-corrected chi connectivity index (χ0v) is 15.1. The second-order valence-electron chi connectivity index (χ2n) is 6.23. The van der Waals surface area contributed by atoms with E-state index in [1.807, 2.05) is 25.1 Å². The van der Waals surface area contributed by atoms with Gasteiger partial charge in [0, 0.05) is 16.3 Å². The number of anilines is 2. The van der Waals surface area contributed by atoms with E-state index in [0.717, 1.165) is 5.56 Å². The topological polar surface area (TPSA) is 67.4 Å². The van der Waals surface area contributed by atoms with E-state index in [4.69, 9.17) is 16.3 Å². The minimum Gasteiger partial charge on any atom is -0.454 e. The lowest BCUT2D eigenvalue weighted by atomic mass is 10.1. The lowest BCUT2D eigenvalue weighted by Crippen LogP contribution is -2.14. The van der Waals surface area contributed by atoms with Crippen LogP contribution in [0.1, 0.15) is 26.3 Å². The highest BCUT2D eigenvalue weighted by Crippen LogP contribution is 2.37. The van der Waals surface area contributed by atoms with E-state index in [-0.39, 0.29) is 11.8 Å². The minimum atomic E-state index is -0.314. The van der Waals surface area contributed by atoms with Crippen molar-refractivity contribution < 1.29 is 14.3 Å². The van der Waals surface area contributed by atoms with E-state index in [9.17, 15) is 9.59 Å². The minimum absolute atomic E-state index is 0.298. The zero-order chi connectivity index (χ0) is 19.0. The Balaban J connectivity index is 1.63. The van der Waals surface area contributed by atoms with Crippen molar-refractivity contribution in [3.8, 4) is 11.5 Å². The Morgan fingerprint density at radius 3 is 2.67 bits per heavy atom. The lowest BCUT2D eigenvalue weighted by molar-refractivity contribution is 0.101. The van der Waals surface area contributed by atoms with E-state index in [0.29, 0.717) is 39.0 Å². The molecule has 0 unspecified atom stereocenters. The average Bonchev–Trinajstić information content (AvgIpc) is 2.77. The Morgan fingerprint density at radius 1 is 1.04 bits per heavy atom. The fourth-order valence-corrected chi connectivity index (χ4v) is 3.04. The molecule has 2 amide bonds. The fourth-order valence-electron chi connectivity index (χ4n) is 2.85. The van der Waals surface area contributed by atoms with Crippen molar-refractivity contribution in [1.29, 1.82) is 0 Å². The van der Waals surface area contributed by atoms with Crippen LogP contribution in [0.15, 0.2) is 60.7 Å². The molecule has 4 rings (SSSR count). The maximum Gasteiger partial charge on any atom is 0.259 e. The molecule has 3 aromatic rings. The standard InChI is InChI=1S/C21H15ClN2O3/c1-12-5-7-19-17(9-12)24-21(26)16-11-15(6-8-18(16)27-19)23-20(25)13-3-2-4-14(22)10-13/h2-11H,1H3,(H,23,25)(H,24,26). The summed E-state index contributed by atoms with van der Waals surface area (Å²) in [6.07, 6.45) is 0. The number of hydrogen-bond donors (Lipinski definition) is 2. The molecule has 0 atom stereocenters. The summed E-state index contributed by atoms with van der Waals surface area (Å²) in [5.41, 5.74) is 2.88. The third-order valence-corrected chi connectivity index (χ3v) is 4.41. The quantitative estimate of drug-likeness (QED) is 0.639. The zero-order valence-electron chi connectivity index (χ0n) is 14.4. The summed E-state index contributed by atoms with van der Waals surface area (Å²) in [4.78, 5) is 25.0. The number of fused-ring (bicyclic) bond motifs is 2. The first-order valence-corrected chi connectivity index (χ1v) is 8.68. The van der Waals surface area contributed by atoms with Crippen LogP contribution >= 0.6 is 11.6 Å². The number of carbonyl (C=O) groups excluding carboxylic acids is 2. The number of hydrogen-bond acceptors (Lipinski definition) is 3. The van der Waals surface area contributed by atoms with E-state index in [2.05, 4.69) is 10.6 Å². The number of benzene rings is 3. The summed E-state index contributed by atoms with van der Waals surface area (Å²) >= 11 is 5.93. The van der Waals surface area contributed by atoms with Gasteiger partial charge in [0.05, 0.1) is 11.3 Å². The van der Waals surface area contributed by atoms with Gasteiger partial charge in [-0.25, -0.2) is 0 Å². The molecule has 0 saturated carbocycles. The third-order valence-electron chi connectivity index (χ3n) is 4.17. The highest BCUT2D eigenvalue weighted by molar-refractivity contribution is 6.31. The first-order chi connectivity index (χ1) is 13.0. The Labute approximate surface area is 160 Å². The van der Waals surface area contributed by atoms with Crippen LogP contribution in [0, 0.1) is 6.92 Å². The molecule has 1 heterocycles. The van der Waals surface area contributed by atoms with Crippen LogP contribution in [0.4, 0.5) is 11.4 Å². The van der Waals surface area contributed by atoms with Gasteiger partial charge in [-0.1, -0.05) is 23.7 Å². The van der Waals surface area contributed by atoms with Gasteiger partial charge < -0.3 is 15.4 Å². The van der Waals surface area contributed by atoms with Crippen LogP contribution in [0.2, 0.25) is 5.02 Å². The summed E-state index contributed by atoms with van der Waals surface area (Å²) in [7, 11) is 0. The molecule has 0 saturated heterocycles. The van der Waals surface area contributed by atoms with Gasteiger partial charge in [0.1, 0.15) is 5.75 Å². The Bertz CT molecular complexity index is 1080. The van der Waals surface area contributed by atoms with E-state index in [1.54, 1.807) is 42.5 Å². The molecule has 6 heteroatoms. The van der Waals surface area contributed by atoms with Crippen LogP contribution in [0.25, 0.3) is 0 Å². The second kappa shape index (κ2) is 6.78. The van der Waals surface area contributed by atoms with E-state index in [1.165, 1.54) is 0 Å².